The fraction of sp³-hybridized carbons (Fsp3) is 0.464. The first-order chi connectivity index (χ1) is 17.4. The molecule has 1 saturated heterocycles. The van der Waals surface area contributed by atoms with Crippen molar-refractivity contribution in [1.29, 1.82) is 0 Å². The maximum atomic E-state index is 12.6. The van der Waals surface area contributed by atoms with E-state index in [9.17, 15) is 4.79 Å². The van der Waals surface area contributed by atoms with Crippen molar-refractivity contribution < 1.29 is 14.3 Å². The number of likely N-dealkylation sites (tertiary alicyclic amines) is 1. The number of hydrogen-bond acceptors (Lipinski definition) is 6. The number of guanidine groups is 1. The van der Waals surface area contributed by atoms with E-state index in [-0.39, 0.29) is 17.9 Å². The first-order valence-corrected chi connectivity index (χ1v) is 12.8. The Kier molecular flexibility index (Phi) is 8.25. The van der Waals surface area contributed by atoms with E-state index in [1.165, 1.54) is 5.56 Å². The average Bonchev–Trinajstić information content (AvgIpc) is 2.88. The van der Waals surface area contributed by atoms with Gasteiger partial charge in [0.2, 0.25) is 0 Å². The Hall–Kier alpha value is -3.39. The van der Waals surface area contributed by atoms with Crippen LogP contribution in [0.25, 0.3) is 0 Å². The molecule has 2 aromatic carbocycles. The van der Waals surface area contributed by atoms with E-state index in [0.29, 0.717) is 30.4 Å². The molecule has 0 aromatic heterocycles. The number of nitrogens with two attached hydrogens (primary N) is 1. The number of rotatable bonds is 8. The van der Waals surface area contributed by atoms with Gasteiger partial charge in [0.05, 0.1) is 25.5 Å². The van der Waals surface area contributed by atoms with Gasteiger partial charge in [0.25, 0.3) is 5.91 Å². The fourth-order valence-corrected chi connectivity index (χ4v) is 4.91. The summed E-state index contributed by atoms with van der Waals surface area (Å²) in [6.07, 6.45) is 2.96. The molecular weight excluding hydrogens is 454 g/mol. The first-order valence-electron chi connectivity index (χ1n) is 12.8. The number of likely N-dealkylation sites (N-methyl/N-ethyl adjacent to an activating group) is 1. The van der Waals surface area contributed by atoms with E-state index < -0.39 is 0 Å². The number of aliphatic imine (C=N–C) groups is 2. The highest BCUT2D eigenvalue weighted by molar-refractivity contribution is 6.15. The molecule has 3 N–H and O–H groups in total. The van der Waals surface area contributed by atoms with Gasteiger partial charge in [-0.1, -0.05) is 25.5 Å². The number of carbonyl (C=O) groups is 1. The third kappa shape index (κ3) is 5.54. The van der Waals surface area contributed by atoms with Crippen LogP contribution in [0, 0.1) is 0 Å². The van der Waals surface area contributed by atoms with Crippen molar-refractivity contribution in [2.45, 2.75) is 45.1 Å². The molecule has 2 atom stereocenters. The smallest absolute Gasteiger partial charge is 0.257 e. The van der Waals surface area contributed by atoms with E-state index in [1.54, 1.807) is 19.2 Å². The molecule has 2 aromatic rings. The minimum absolute atomic E-state index is 0.147. The number of amides is 1. The number of nitrogens with one attached hydrogen (secondary N) is 1. The summed E-state index contributed by atoms with van der Waals surface area (Å²) < 4.78 is 11.6. The van der Waals surface area contributed by atoms with Gasteiger partial charge < -0.3 is 20.1 Å². The zero-order chi connectivity index (χ0) is 25.7. The number of ether oxygens (including phenoxy) is 2. The first kappa shape index (κ1) is 25.7. The van der Waals surface area contributed by atoms with Crippen molar-refractivity contribution in [3.8, 4) is 11.5 Å². The standard InChI is InChI=1S/C28H37N5O3/c1-5-7-13-30-28(29)32-27(34)19-10-8-18(9-11-19)26-21-16-24(35-4)25(36-6-2)15-20(21)22-17-33(3)14-12-23(22)31-26/h8-11,15-16,22-23H,5-7,12-14,17H2,1-4H3,(H3,29,30,32,34). The predicted octanol–water partition coefficient (Wildman–Crippen LogP) is 3.58. The summed E-state index contributed by atoms with van der Waals surface area (Å²) in [6, 6.07) is 11.9. The monoisotopic (exact) mass is 491 g/mol. The summed E-state index contributed by atoms with van der Waals surface area (Å²) in [7, 11) is 3.82. The third-order valence-electron chi connectivity index (χ3n) is 6.82. The predicted molar refractivity (Wildman–Crippen MR) is 144 cm³/mol. The van der Waals surface area contributed by atoms with Gasteiger partial charge in [0.1, 0.15) is 0 Å². The van der Waals surface area contributed by atoms with Crippen molar-refractivity contribution >= 4 is 17.6 Å². The highest BCUT2D eigenvalue weighted by Crippen LogP contribution is 2.42. The number of carbonyl (C=O) groups excluding carboxylic acids is 1. The Morgan fingerprint density at radius 1 is 1.22 bits per heavy atom. The number of benzene rings is 2. The SMILES string of the molecule is CCCCN=C(N)NC(=O)c1ccc(C2=NC3CCN(C)CC3c3cc(OCC)c(OC)cc32)cc1. The summed E-state index contributed by atoms with van der Waals surface area (Å²) in [5, 5.41) is 2.67. The van der Waals surface area contributed by atoms with Crippen LogP contribution in [0.15, 0.2) is 46.4 Å². The summed E-state index contributed by atoms with van der Waals surface area (Å²) in [5.41, 5.74) is 10.5. The Labute approximate surface area is 213 Å². The van der Waals surface area contributed by atoms with Gasteiger partial charge >= 0.3 is 0 Å². The highest BCUT2D eigenvalue weighted by atomic mass is 16.5. The molecule has 2 heterocycles. The molecule has 8 heteroatoms. The van der Waals surface area contributed by atoms with E-state index in [0.717, 1.165) is 54.9 Å². The maximum absolute atomic E-state index is 12.6. The second kappa shape index (κ2) is 11.6. The molecule has 192 valence electrons. The van der Waals surface area contributed by atoms with Gasteiger partial charge in [0.15, 0.2) is 17.5 Å². The van der Waals surface area contributed by atoms with Gasteiger partial charge in [-0.3, -0.25) is 20.1 Å². The number of unbranched alkanes of at least 4 members (excludes halogenated alkanes) is 1. The van der Waals surface area contributed by atoms with Crippen LogP contribution in [0.3, 0.4) is 0 Å². The maximum Gasteiger partial charge on any atom is 0.257 e. The van der Waals surface area contributed by atoms with Crippen LogP contribution in [0.4, 0.5) is 0 Å². The molecule has 0 bridgehead atoms. The lowest BCUT2D eigenvalue weighted by Crippen LogP contribution is -2.41. The molecule has 1 amide bonds. The highest BCUT2D eigenvalue weighted by Gasteiger charge is 2.36. The second-order valence-electron chi connectivity index (χ2n) is 9.38. The van der Waals surface area contributed by atoms with E-state index in [1.807, 2.05) is 25.1 Å². The van der Waals surface area contributed by atoms with Gasteiger partial charge in [0, 0.05) is 35.7 Å². The topological polar surface area (TPSA) is 102 Å². The molecular formula is C28H37N5O3. The number of methoxy groups -OCH3 is 1. The Morgan fingerprint density at radius 2 is 2.00 bits per heavy atom. The Morgan fingerprint density at radius 3 is 2.69 bits per heavy atom. The summed E-state index contributed by atoms with van der Waals surface area (Å²) in [5.74, 6) is 1.63. The lowest BCUT2D eigenvalue weighted by Gasteiger charge is -2.39. The van der Waals surface area contributed by atoms with Crippen LogP contribution >= 0.6 is 0 Å². The van der Waals surface area contributed by atoms with Crippen LogP contribution < -0.4 is 20.5 Å². The van der Waals surface area contributed by atoms with Crippen LogP contribution in [0.2, 0.25) is 0 Å². The van der Waals surface area contributed by atoms with Crippen molar-refractivity contribution in [2.75, 3.05) is 40.4 Å². The van der Waals surface area contributed by atoms with Crippen LogP contribution in [0.1, 0.15) is 66.1 Å². The van der Waals surface area contributed by atoms with Gasteiger partial charge in [-0.15, -0.1) is 0 Å². The fourth-order valence-electron chi connectivity index (χ4n) is 4.91. The van der Waals surface area contributed by atoms with Crippen LogP contribution in [-0.4, -0.2) is 68.9 Å². The minimum Gasteiger partial charge on any atom is -0.493 e. The summed E-state index contributed by atoms with van der Waals surface area (Å²) in [4.78, 5) is 24.4. The van der Waals surface area contributed by atoms with Crippen LogP contribution in [-0.2, 0) is 0 Å². The van der Waals surface area contributed by atoms with Crippen LogP contribution in [0.5, 0.6) is 11.5 Å². The lowest BCUT2D eigenvalue weighted by molar-refractivity contribution is 0.0976. The van der Waals surface area contributed by atoms with Gasteiger partial charge in [-0.05, 0) is 63.2 Å². The Balaban J connectivity index is 1.65. The zero-order valence-electron chi connectivity index (χ0n) is 21.7. The zero-order valence-corrected chi connectivity index (χ0v) is 21.7. The largest absolute Gasteiger partial charge is 0.493 e. The molecule has 1 fully saturated rings. The molecule has 0 saturated carbocycles. The number of nitrogens with zero attached hydrogens (tertiary/aromatic N) is 3. The molecule has 2 aliphatic rings. The van der Waals surface area contributed by atoms with Crippen molar-refractivity contribution in [2.24, 2.45) is 15.7 Å². The number of fused-ring (bicyclic) bond motifs is 3. The molecule has 36 heavy (non-hydrogen) atoms. The third-order valence-corrected chi connectivity index (χ3v) is 6.82. The van der Waals surface area contributed by atoms with E-state index in [4.69, 9.17) is 20.2 Å². The summed E-state index contributed by atoms with van der Waals surface area (Å²) in [6.45, 7) is 7.20. The molecule has 4 rings (SSSR count). The van der Waals surface area contributed by atoms with Crippen molar-refractivity contribution in [1.82, 2.24) is 10.2 Å². The molecule has 0 aliphatic carbocycles. The lowest BCUT2D eigenvalue weighted by atomic mass is 9.79. The quantitative estimate of drug-likeness (QED) is 0.334. The average molecular weight is 492 g/mol. The molecule has 2 unspecified atom stereocenters. The Bertz CT molecular complexity index is 1140. The van der Waals surface area contributed by atoms with E-state index >= 15 is 0 Å². The van der Waals surface area contributed by atoms with Crippen molar-refractivity contribution in [3.63, 3.8) is 0 Å². The molecule has 2 aliphatic heterocycles. The number of hydrogen-bond donors (Lipinski definition) is 2. The normalized spacial score (nSPS) is 19.7. The van der Waals surface area contributed by atoms with Gasteiger partial charge in [-0.2, -0.15) is 0 Å². The second-order valence-corrected chi connectivity index (χ2v) is 9.38. The molecule has 0 spiro atoms. The molecule has 8 nitrogen and oxygen atoms in total. The van der Waals surface area contributed by atoms with Crippen molar-refractivity contribution in [3.05, 3.63) is 58.7 Å². The minimum atomic E-state index is -0.274. The molecule has 0 radical (unpaired) electrons. The summed E-state index contributed by atoms with van der Waals surface area (Å²) >= 11 is 0. The van der Waals surface area contributed by atoms with Gasteiger partial charge in [-0.25, -0.2) is 0 Å². The van der Waals surface area contributed by atoms with E-state index in [2.05, 4.69) is 35.2 Å². The number of piperidine rings is 1.